The number of rotatable bonds is 6. The van der Waals surface area contributed by atoms with Gasteiger partial charge in [0, 0.05) is 12.1 Å². The molecule has 6 heteroatoms. The van der Waals surface area contributed by atoms with Crippen LogP contribution in [0.5, 0.6) is 5.75 Å². The number of benzene rings is 2. The van der Waals surface area contributed by atoms with Crippen molar-refractivity contribution in [3.8, 4) is 5.75 Å². The molecule has 0 fully saturated rings. The summed E-state index contributed by atoms with van der Waals surface area (Å²) in [6, 6.07) is 14.7. The lowest BCUT2D eigenvalue weighted by Gasteiger charge is -2.10. The van der Waals surface area contributed by atoms with Gasteiger partial charge in [-0.2, -0.15) is 0 Å². The van der Waals surface area contributed by atoms with Crippen LogP contribution < -0.4 is 10.6 Å². The molecule has 0 bridgehead atoms. The monoisotopic (exact) mass is 326 g/mol. The second kappa shape index (κ2) is 8.50. The van der Waals surface area contributed by atoms with Crippen LogP contribution in [0.15, 0.2) is 60.3 Å². The first-order valence-corrected chi connectivity index (χ1v) is 7.36. The van der Waals surface area contributed by atoms with Gasteiger partial charge in [-0.25, -0.2) is 0 Å². The standard InChI is InChI=1S/C18H18N2O4/c21-11-10-19-18(24)16(12-13-6-8-15(22)9-7-13)20-17(23)14-4-2-1-3-5-14/h1-9,12,21-22H,10-11H2,(H,19,24)(H,20,23)/b16-12+. The summed E-state index contributed by atoms with van der Waals surface area (Å²) in [6.45, 7) is -0.127. The summed E-state index contributed by atoms with van der Waals surface area (Å²) < 4.78 is 0. The number of hydrogen-bond donors (Lipinski definition) is 4. The minimum atomic E-state index is -0.513. The molecule has 0 aliphatic heterocycles. The van der Waals surface area contributed by atoms with E-state index in [1.54, 1.807) is 42.5 Å². The van der Waals surface area contributed by atoms with E-state index < -0.39 is 11.8 Å². The zero-order valence-corrected chi connectivity index (χ0v) is 12.9. The maximum Gasteiger partial charge on any atom is 0.267 e. The summed E-state index contributed by atoms with van der Waals surface area (Å²) >= 11 is 0. The van der Waals surface area contributed by atoms with Gasteiger partial charge in [0.05, 0.1) is 6.61 Å². The average Bonchev–Trinajstić information content (AvgIpc) is 2.61. The Labute approximate surface area is 139 Å². The quantitative estimate of drug-likeness (QED) is 0.601. The number of hydrogen-bond acceptors (Lipinski definition) is 4. The fourth-order valence-corrected chi connectivity index (χ4v) is 1.94. The van der Waals surface area contributed by atoms with Crippen LogP contribution in [-0.2, 0) is 4.79 Å². The van der Waals surface area contributed by atoms with Gasteiger partial charge in [-0.1, -0.05) is 30.3 Å². The number of carbonyl (C=O) groups is 2. The summed E-state index contributed by atoms with van der Waals surface area (Å²) in [4.78, 5) is 24.4. The number of aliphatic hydroxyl groups excluding tert-OH is 1. The highest BCUT2D eigenvalue weighted by Gasteiger charge is 2.14. The third kappa shape index (κ3) is 4.96. The molecular weight excluding hydrogens is 308 g/mol. The Bertz CT molecular complexity index is 724. The Balaban J connectivity index is 2.23. The normalized spacial score (nSPS) is 11.0. The molecule has 2 aromatic rings. The van der Waals surface area contributed by atoms with Crippen molar-refractivity contribution in [2.75, 3.05) is 13.2 Å². The van der Waals surface area contributed by atoms with Gasteiger partial charge >= 0.3 is 0 Å². The van der Waals surface area contributed by atoms with Gasteiger partial charge in [0.25, 0.3) is 11.8 Å². The molecule has 0 aliphatic rings. The predicted octanol–water partition coefficient (Wildman–Crippen LogP) is 1.27. The van der Waals surface area contributed by atoms with Gasteiger partial charge in [-0.3, -0.25) is 9.59 Å². The first-order valence-electron chi connectivity index (χ1n) is 7.36. The molecule has 0 saturated heterocycles. The minimum Gasteiger partial charge on any atom is -0.508 e. The Kier molecular flexibility index (Phi) is 6.10. The van der Waals surface area contributed by atoms with Crippen molar-refractivity contribution in [1.29, 1.82) is 0 Å². The van der Waals surface area contributed by atoms with Crippen LogP contribution in [0.2, 0.25) is 0 Å². The Morgan fingerprint density at radius 2 is 1.67 bits per heavy atom. The van der Waals surface area contributed by atoms with Crippen molar-refractivity contribution in [1.82, 2.24) is 10.6 Å². The summed E-state index contributed by atoms with van der Waals surface area (Å²) in [5.74, 6) is -0.826. The van der Waals surface area contributed by atoms with Gasteiger partial charge in [-0.15, -0.1) is 0 Å². The lowest BCUT2D eigenvalue weighted by atomic mass is 10.1. The topological polar surface area (TPSA) is 98.7 Å². The summed E-state index contributed by atoms with van der Waals surface area (Å²) in [6.07, 6.45) is 1.49. The van der Waals surface area contributed by atoms with E-state index in [4.69, 9.17) is 5.11 Å². The van der Waals surface area contributed by atoms with E-state index in [-0.39, 0.29) is 24.6 Å². The molecular formula is C18H18N2O4. The highest BCUT2D eigenvalue weighted by atomic mass is 16.3. The Morgan fingerprint density at radius 1 is 1.00 bits per heavy atom. The fourth-order valence-electron chi connectivity index (χ4n) is 1.94. The van der Waals surface area contributed by atoms with E-state index in [1.807, 2.05) is 0 Å². The maximum atomic E-state index is 12.3. The van der Waals surface area contributed by atoms with Gasteiger partial charge < -0.3 is 20.8 Å². The third-order valence-corrected chi connectivity index (χ3v) is 3.13. The molecule has 0 radical (unpaired) electrons. The van der Waals surface area contributed by atoms with E-state index in [2.05, 4.69) is 10.6 Å². The largest absolute Gasteiger partial charge is 0.508 e. The molecule has 0 heterocycles. The van der Waals surface area contributed by atoms with Crippen LogP contribution in [0, 0.1) is 0 Å². The van der Waals surface area contributed by atoms with Crippen molar-refractivity contribution in [3.05, 3.63) is 71.4 Å². The van der Waals surface area contributed by atoms with Crippen molar-refractivity contribution in [2.24, 2.45) is 0 Å². The first-order chi connectivity index (χ1) is 11.6. The molecule has 124 valence electrons. The highest BCUT2D eigenvalue weighted by molar-refractivity contribution is 6.05. The summed E-state index contributed by atoms with van der Waals surface area (Å²) in [5.41, 5.74) is 1.10. The number of phenols is 1. The molecule has 6 nitrogen and oxygen atoms in total. The molecule has 0 atom stereocenters. The van der Waals surface area contributed by atoms with E-state index in [0.717, 1.165) is 0 Å². The molecule has 0 aliphatic carbocycles. The molecule has 2 rings (SSSR count). The van der Waals surface area contributed by atoms with E-state index in [1.165, 1.54) is 18.2 Å². The number of amides is 2. The number of nitrogens with one attached hydrogen (secondary N) is 2. The second-order valence-corrected chi connectivity index (χ2v) is 4.95. The first kappa shape index (κ1) is 17.2. The number of carbonyl (C=O) groups excluding carboxylic acids is 2. The van der Waals surface area contributed by atoms with Crippen LogP contribution in [0.4, 0.5) is 0 Å². The van der Waals surface area contributed by atoms with Gasteiger partial charge in [-0.05, 0) is 35.9 Å². The van der Waals surface area contributed by atoms with Crippen molar-refractivity contribution >= 4 is 17.9 Å². The molecule has 2 aromatic carbocycles. The molecule has 2 amide bonds. The smallest absolute Gasteiger partial charge is 0.267 e. The number of aromatic hydroxyl groups is 1. The van der Waals surface area contributed by atoms with Crippen LogP contribution in [0.3, 0.4) is 0 Å². The van der Waals surface area contributed by atoms with Crippen molar-refractivity contribution < 1.29 is 19.8 Å². The SMILES string of the molecule is O=C(NCCO)/C(=C\c1ccc(O)cc1)NC(=O)c1ccccc1. The van der Waals surface area contributed by atoms with Crippen molar-refractivity contribution in [2.45, 2.75) is 0 Å². The highest BCUT2D eigenvalue weighted by Crippen LogP contribution is 2.12. The molecule has 24 heavy (non-hydrogen) atoms. The zero-order chi connectivity index (χ0) is 17.4. The molecule has 0 unspecified atom stereocenters. The maximum absolute atomic E-state index is 12.3. The Hall–Kier alpha value is -3.12. The number of phenolic OH excluding ortho intramolecular Hbond substituents is 1. The average molecular weight is 326 g/mol. The van der Waals surface area contributed by atoms with Crippen LogP contribution in [-0.4, -0.2) is 35.2 Å². The van der Waals surface area contributed by atoms with Gasteiger partial charge in [0.2, 0.25) is 0 Å². The van der Waals surface area contributed by atoms with Gasteiger partial charge in [0.1, 0.15) is 11.4 Å². The zero-order valence-electron chi connectivity index (χ0n) is 12.9. The fraction of sp³-hybridized carbons (Fsp3) is 0.111. The third-order valence-electron chi connectivity index (χ3n) is 3.13. The molecule has 0 saturated carbocycles. The van der Waals surface area contributed by atoms with E-state index in [9.17, 15) is 14.7 Å². The van der Waals surface area contributed by atoms with Crippen LogP contribution >= 0.6 is 0 Å². The van der Waals surface area contributed by atoms with E-state index in [0.29, 0.717) is 11.1 Å². The Morgan fingerprint density at radius 3 is 2.29 bits per heavy atom. The van der Waals surface area contributed by atoms with Gasteiger partial charge in [0.15, 0.2) is 0 Å². The minimum absolute atomic E-state index is 0.0444. The molecule has 0 spiro atoms. The lowest BCUT2D eigenvalue weighted by Crippen LogP contribution is -2.36. The van der Waals surface area contributed by atoms with Crippen LogP contribution in [0.25, 0.3) is 6.08 Å². The molecule has 0 aromatic heterocycles. The second-order valence-electron chi connectivity index (χ2n) is 4.95. The predicted molar refractivity (Wildman–Crippen MR) is 90.1 cm³/mol. The number of aliphatic hydroxyl groups is 1. The van der Waals surface area contributed by atoms with Crippen LogP contribution in [0.1, 0.15) is 15.9 Å². The molecule has 4 N–H and O–H groups in total. The summed E-state index contributed by atoms with van der Waals surface area (Å²) in [7, 11) is 0. The van der Waals surface area contributed by atoms with E-state index >= 15 is 0 Å². The van der Waals surface area contributed by atoms with Crippen molar-refractivity contribution in [3.63, 3.8) is 0 Å². The lowest BCUT2D eigenvalue weighted by molar-refractivity contribution is -0.117. The summed E-state index contributed by atoms with van der Waals surface area (Å²) in [5, 5.41) is 23.2.